The Morgan fingerprint density at radius 1 is 1.15 bits per heavy atom. The number of rotatable bonds is 4. The highest BCUT2D eigenvalue weighted by atomic mass is 19.1. The zero-order chi connectivity index (χ0) is 14.7. The summed E-state index contributed by atoms with van der Waals surface area (Å²) in [6.07, 6.45) is 0. The van der Waals surface area contributed by atoms with E-state index in [1.165, 1.54) is 24.3 Å². The molecule has 2 aromatic carbocycles. The maximum atomic E-state index is 13.6. The lowest BCUT2D eigenvalue weighted by atomic mass is 10.1. The summed E-state index contributed by atoms with van der Waals surface area (Å²) in [6.45, 7) is 0.391. The van der Waals surface area contributed by atoms with Gasteiger partial charge in [0.1, 0.15) is 11.6 Å². The summed E-state index contributed by atoms with van der Waals surface area (Å²) in [5.74, 6) is -2.37. The monoisotopic (exact) mass is 277 g/mol. The molecule has 0 saturated heterocycles. The highest BCUT2D eigenvalue weighted by molar-refractivity contribution is 5.87. The largest absolute Gasteiger partial charge is 0.478 e. The van der Waals surface area contributed by atoms with E-state index in [4.69, 9.17) is 5.11 Å². The van der Waals surface area contributed by atoms with Gasteiger partial charge in [0.15, 0.2) is 0 Å². The number of benzene rings is 2. The SMILES string of the molecule is CN(Cc1ccc(C(=O)O)c(F)c1)c1ccc(F)cc1. The van der Waals surface area contributed by atoms with Crippen molar-refractivity contribution in [1.29, 1.82) is 0 Å². The van der Waals surface area contributed by atoms with Gasteiger partial charge in [-0.05, 0) is 42.0 Å². The third kappa shape index (κ3) is 3.12. The molecule has 0 aromatic heterocycles. The molecule has 0 spiro atoms. The fourth-order valence-electron chi connectivity index (χ4n) is 1.89. The molecule has 104 valence electrons. The van der Waals surface area contributed by atoms with Crippen molar-refractivity contribution in [3.05, 3.63) is 65.2 Å². The Labute approximate surface area is 115 Å². The first-order chi connectivity index (χ1) is 9.47. The van der Waals surface area contributed by atoms with Gasteiger partial charge in [-0.25, -0.2) is 13.6 Å². The molecular formula is C15H13F2NO2. The van der Waals surface area contributed by atoms with E-state index in [0.717, 1.165) is 5.69 Å². The van der Waals surface area contributed by atoms with Crippen molar-refractivity contribution in [2.45, 2.75) is 6.54 Å². The Bertz CT molecular complexity index is 626. The lowest BCUT2D eigenvalue weighted by molar-refractivity contribution is 0.0692. The highest BCUT2D eigenvalue weighted by Gasteiger charge is 2.11. The van der Waals surface area contributed by atoms with Crippen LogP contribution in [0.4, 0.5) is 14.5 Å². The standard InChI is InChI=1S/C15H13F2NO2/c1-18(12-5-3-11(16)4-6-12)9-10-2-7-13(15(19)20)14(17)8-10/h2-8H,9H2,1H3,(H,19,20). The number of hydrogen-bond acceptors (Lipinski definition) is 2. The van der Waals surface area contributed by atoms with Crippen LogP contribution in [0.3, 0.4) is 0 Å². The van der Waals surface area contributed by atoms with E-state index in [2.05, 4.69) is 0 Å². The number of carboxylic acid groups (broad SMARTS) is 1. The Morgan fingerprint density at radius 2 is 1.80 bits per heavy atom. The van der Waals surface area contributed by atoms with Crippen LogP contribution in [0.5, 0.6) is 0 Å². The van der Waals surface area contributed by atoms with Crippen LogP contribution >= 0.6 is 0 Å². The number of anilines is 1. The number of carbonyl (C=O) groups is 1. The van der Waals surface area contributed by atoms with Crippen LogP contribution in [0.1, 0.15) is 15.9 Å². The van der Waals surface area contributed by atoms with Crippen LogP contribution in [0.15, 0.2) is 42.5 Å². The minimum Gasteiger partial charge on any atom is -0.478 e. The van der Waals surface area contributed by atoms with E-state index in [1.54, 1.807) is 25.2 Å². The normalized spacial score (nSPS) is 10.3. The third-order valence-corrected chi connectivity index (χ3v) is 2.95. The van der Waals surface area contributed by atoms with E-state index in [1.807, 2.05) is 4.90 Å². The van der Waals surface area contributed by atoms with Crippen molar-refractivity contribution in [2.24, 2.45) is 0 Å². The molecular weight excluding hydrogens is 264 g/mol. The number of nitrogens with zero attached hydrogens (tertiary/aromatic N) is 1. The molecule has 0 heterocycles. The summed E-state index contributed by atoms with van der Waals surface area (Å²) in [5, 5.41) is 8.76. The first-order valence-electron chi connectivity index (χ1n) is 5.96. The van der Waals surface area contributed by atoms with Crippen molar-refractivity contribution in [3.63, 3.8) is 0 Å². The second-order valence-electron chi connectivity index (χ2n) is 4.45. The van der Waals surface area contributed by atoms with Crippen molar-refractivity contribution < 1.29 is 18.7 Å². The van der Waals surface area contributed by atoms with Gasteiger partial charge in [0, 0.05) is 19.3 Å². The fraction of sp³-hybridized carbons (Fsp3) is 0.133. The Balaban J connectivity index is 2.15. The summed E-state index contributed by atoms with van der Waals surface area (Å²) in [5.41, 5.74) is 1.08. The van der Waals surface area contributed by atoms with Gasteiger partial charge in [0.2, 0.25) is 0 Å². The van der Waals surface area contributed by atoms with Crippen LogP contribution in [-0.4, -0.2) is 18.1 Å². The Morgan fingerprint density at radius 3 is 2.35 bits per heavy atom. The van der Waals surface area contributed by atoms with Crippen LogP contribution in [0.25, 0.3) is 0 Å². The topological polar surface area (TPSA) is 40.5 Å². The zero-order valence-electron chi connectivity index (χ0n) is 10.8. The summed E-state index contributed by atoms with van der Waals surface area (Å²) in [6, 6.07) is 9.94. The van der Waals surface area contributed by atoms with Gasteiger partial charge in [-0.2, -0.15) is 0 Å². The van der Waals surface area contributed by atoms with Crippen molar-refractivity contribution in [2.75, 3.05) is 11.9 Å². The Kier molecular flexibility index (Phi) is 3.98. The van der Waals surface area contributed by atoms with E-state index in [9.17, 15) is 13.6 Å². The molecule has 3 nitrogen and oxygen atoms in total. The molecule has 2 aromatic rings. The molecule has 0 aliphatic heterocycles. The molecule has 0 fully saturated rings. The molecule has 0 radical (unpaired) electrons. The van der Waals surface area contributed by atoms with Crippen molar-refractivity contribution in [1.82, 2.24) is 0 Å². The lowest BCUT2D eigenvalue weighted by Gasteiger charge is -2.19. The molecule has 0 bridgehead atoms. The molecule has 2 rings (SSSR count). The Hall–Kier alpha value is -2.43. The minimum absolute atomic E-state index is 0.320. The minimum atomic E-state index is -1.29. The second kappa shape index (κ2) is 5.69. The smallest absolute Gasteiger partial charge is 0.338 e. The van der Waals surface area contributed by atoms with Crippen LogP contribution < -0.4 is 4.90 Å². The predicted molar refractivity (Wildman–Crippen MR) is 71.9 cm³/mol. The van der Waals surface area contributed by atoms with Gasteiger partial charge in [-0.15, -0.1) is 0 Å². The van der Waals surface area contributed by atoms with Gasteiger partial charge >= 0.3 is 5.97 Å². The van der Waals surface area contributed by atoms with E-state index < -0.39 is 11.8 Å². The second-order valence-corrected chi connectivity index (χ2v) is 4.45. The molecule has 5 heteroatoms. The van der Waals surface area contributed by atoms with Crippen molar-refractivity contribution >= 4 is 11.7 Å². The summed E-state index contributed by atoms with van der Waals surface area (Å²) < 4.78 is 26.4. The molecule has 1 N–H and O–H groups in total. The number of hydrogen-bond donors (Lipinski definition) is 1. The first kappa shape index (κ1) is 14.0. The molecule has 0 aliphatic rings. The summed E-state index contributed by atoms with van der Waals surface area (Å²) in [7, 11) is 1.79. The van der Waals surface area contributed by atoms with Gasteiger partial charge < -0.3 is 10.0 Å². The summed E-state index contributed by atoms with van der Waals surface area (Å²) >= 11 is 0. The molecule has 20 heavy (non-hydrogen) atoms. The lowest BCUT2D eigenvalue weighted by Crippen LogP contribution is -2.16. The number of halogens is 2. The average Bonchev–Trinajstić information content (AvgIpc) is 2.39. The predicted octanol–water partition coefficient (Wildman–Crippen LogP) is 3.30. The van der Waals surface area contributed by atoms with E-state index >= 15 is 0 Å². The zero-order valence-corrected chi connectivity index (χ0v) is 10.8. The van der Waals surface area contributed by atoms with Crippen LogP contribution in [0.2, 0.25) is 0 Å². The average molecular weight is 277 g/mol. The van der Waals surface area contributed by atoms with Gasteiger partial charge in [0.25, 0.3) is 0 Å². The van der Waals surface area contributed by atoms with Gasteiger partial charge in [-0.1, -0.05) is 6.07 Å². The van der Waals surface area contributed by atoms with E-state index in [-0.39, 0.29) is 11.4 Å². The molecule has 0 amide bonds. The summed E-state index contributed by atoms with van der Waals surface area (Å²) in [4.78, 5) is 12.5. The first-order valence-corrected chi connectivity index (χ1v) is 5.96. The maximum absolute atomic E-state index is 13.6. The molecule has 0 saturated carbocycles. The molecule has 0 atom stereocenters. The third-order valence-electron chi connectivity index (χ3n) is 2.95. The highest BCUT2D eigenvalue weighted by Crippen LogP contribution is 2.17. The van der Waals surface area contributed by atoms with Crippen molar-refractivity contribution in [3.8, 4) is 0 Å². The number of carboxylic acids is 1. The van der Waals surface area contributed by atoms with E-state index in [0.29, 0.717) is 12.1 Å². The maximum Gasteiger partial charge on any atom is 0.338 e. The quantitative estimate of drug-likeness (QED) is 0.932. The number of aromatic carboxylic acids is 1. The fourth-order valence-corrected chi connectivity index (χ4v) is 1.89. The molecule has 0 aliphatic carbocycles. The van der Waals surface area contributed by atoms with Gasteiger partial charge in [-0.3, -0.25) is 0 Å². The van der Waals surface area contributed by atoms with Gasteiger partial charge in [0.05, 0.1) is 5.56 Å². The van der Waals surface area contributed by atoms with Crippen LogP contribution in [0, 0.1) is 11.6 Å². The molecule has 0 unspecified atom stereocenters. The van der Waals surface area contributed by atoms with Crippen LogP contribution in [-0.2, 0) is 6.54 Å².